The van der Waals surface area contributed by atoms with E-state index < -0.39 is 5.97 Å². The summed E-state index contributed by atoms with van der Waals surface area (Å²) in [5.74, 6) is 2.16. The first-order valence-electron chi connectivity index (χ1n) is 5.00. The zero-order valence-electron chi connectivity index (χ0n) is 8.63. The third kappa shape index (κ3) is 1.82. The fourth-order valence-corrected chi connectivity index (χ4v) is 1.76. The van der Waals surface area contributed by atoms with Gasteiger partial charge in [-0.3, -0.25) is 0 Å². The summed E-state index contributed by atoms with van der Waals surface area (Å²) in [7, 11) is 0. The molecule has 1 saturated heterocycles. The molecule has 16 heavy (non-hydrogen) atoms. The molecule has 0 saturated carbocycles. The Labute approximate surface area is 93.1 Å². The van der Waals surface area contributed by atoms with Crippen molar-refractivity contribution in [3.8, 4) is 12.3 Å². The van der Waals surface area contributed by atoms with Gasteiger partial charge >= 0.3 is 5.97 Å². The van der Waals surface area contributed by atoms with Crippen LogP contribution in [0.3, 0.4) is 0 Å². The lowest BCUT2D eigenvalue weighted by molar-refractivity contribution is 0.0696. The van der Waals surface area contributed by atoms with Gasteiger partial charge in [-0.25, -0.2) is 14.8 Å². The molecule has 0 radical (unpaired) electrons. The lowest BCUT2D eigenvalue weighted by Gasteiger charge is -2.19. The molecule has 0 aliphatic carbocycles. The van der Waals surface area contributed by atoms with E-state index in [0.29, 0.717) is 5.95 Å². The average molecular weight is 217 g/mol. The minimum atomic E-state index is -1.03. The number of nitrogens with zero attached hydrogens (tertiary/aromatic N) is 3. The van der Waals surface area contributed by atoms with Crippen molar-refractivity contribution in [3.05, 3.63) is 18.0 Å². The van der Waals surface area contributed by atoms with Gasteiger partial charge in [-0.05, 0) is 12.8 Å². The standard InChI is InChI=1S/C11H11N3O2/c1-2-9-4-3-5-14(9)11-12-6-8(7-13-11)10(15)16/h1,6-7,9H,3-5H2,(H,15,16). The smallest absolute Gasteiger partial charge is 0.338 e. The maximum absolute atomic E-state index is 10.6. The van der Waals surface area contributed by atoms with Gasteiger partial charge in [0.25, 0.3) is 0 Å². The number of carboxylic acid groups (broad SMARTS) is 1. The minimum absolute atomic E-state index is 0.0238. The van der Waals surface area contributed by atoms with Crippen LogP contribution < -0.4 is 4.90 Å². The number of hydrogen-bond donors (Lipinski definition) is 1. The molecule has 82 valence electrons. The fourth-order valence-electron chi connectivity index (χ4n) is 1.76. The maximum Gasteiger partial charge on any atom is 0.338 e. The lowest BCUT2D eigenvalue weighted by Crippen LogP contribution is -2.29. The number of aromatic carboxylic acids is 1. The molecule has 1 aromatic rings. The number of terminal acetylenes is 1. The summed E-state index contributed by atoms with van der Waals surface area (Å²) in [6.45, 7) is 0.821. The second-order valence-electron chi connectivity index (χ2n) is 3.59. The minimum Gasteiger partial charge on any atom is -0.478 e. The highest BCUT2D eigenvalue weighted by Crippen LogP contribution is 2.21. The van der Waals surface area contributed by atoms with Gasteiger partial charge in [0, 0.05) is 18.9 Å². The van der Waals surface area contributed by atoms with E-state index in [9.17, 15) is 4.79 Å². The second-order valence-corrected chi connectivity index (χ2v) is 3.59. The predicted octanol–water partition coefficient (Wildman–Crippen LogP) is 0.777. The molecule has 2 heterocycles. The van der Waals surface area contributed by atoms with Crippen LogP contribution >= 0.6 is 0 Å². The quantitative estimate of drug-likeness (QED) is 0.741. The van der Waals surface area contributed by atoms with E-state index in [1.54, 1.807) is 0 Å². The average Bonchev–Trinajstić information content (AvgIpc) is 2.77. The number of anilines is 1. The highest BCUT2D eigenvalue weighted by atomic mass is 16.4. The van der Waals surface area contributed by atoms with Crippen LogP contribution in [0.1, 0.15) is 23.2 Å². The van der Waals surface area contributed by atoms with Gasteiger partial charge in [-0.1, -0.05) is 5.92 Å². The van der Waals surface area contributed by atoms with Gasteiger partial charge in [-0.15, -0.1) is 6.42 Å². The molecule has 0 spiro atoms. The summed E-state index contributed by atoms with van der Waals surface area (Å²) in [6.07, 6.45) is 9.95. The van der Waals surface area contributed by atoms with Crippen LogP contribution in [-0.4, -0.2) is 33.6 Å². The summed E-state index contributed by atoms with van der Waals surface area (Å²) in [5, 5.41) is 8.71. The van der Waals surface area contributed by atoms with Crippen molar-refractivity contribution < 1.29 is 9.90 Å². The van der Waals surface area contributed by atoms with Crippen LogP contribution in [0.15, 0.2) is 12.4 Å². The Morgan fingerprint density at radius 3 is 2.81 bits per heavy atom. The molecule has 2 rings (SSSR count). The molecule has 1 unspecified atom stereocenters. The van der Waals surface area contributed by atoms with Crippen LogP contribution in [0.5, 0.6) is 0 Å². The molecule has 5 nitrogen and oxygen atoms in total. The number of aromatic nitrogens is 2. The highest BCUT2D eigenvalue weighted by Gasteiger charge is 2.24. The molecular formula is C11H11N3O2. The zero-order valence-corrected chi connectivity index (χ0v) is 8.63. The summed E-state index contributed by atoms with van der Waals surface area (Å²) in [5.41, 5.74) is 0.0835. The van der Waals surface area contributed by atoms with Crippen LogP contribution in [0.25, 0.3) is 0 Å². The molecule has 1 aromatic heterocycles. The lowest BCUT2D eigenvalue weighted by atomic mass is 10.2. The molecule has 1 aliphatic heterocycles. The molecule has 1 atom stereocenters. The number of carboxylic acids is 1. The molecule has 0 aromatic carbocycles. The van der Waals surface area contributed by atoms with E-state index in [2.05, 4.69) is 15.9 Å². The monoisotopic (exact) mass is 217 g/mol. The van der Waals surface area contributed by atoms with Crippen molar-refractivity contribution >= 4 is 11.9 Å². The third-order valence-corrected chi connectivity index (χ3v) is 2.59. The largest absolute Gasteiger partial charge is 0.478 e. The first-order chi connectivity index (χ1) is 7.72. The Hall–Kier alpha value is -2.09. The van der Waals surface area contributed by atoms with Gasteiger partial charge < -0.3 is 10.0 Å². The molecule has 0 bridgehead atoms. The van der Waals surface area contributed by atoms with E-state index in [1.165, 1.54) is 12.4 Å². The van der Waals surface area contributed by atoms with Crippen molar-refractivity contribution in [1.82, 2.24) is 9.97 Å². The van der Waals surface area contributed by atoms with Gasteiger partial charge in [-0.2, -0.15) is 0 Å². The molecular weight excluding hydrogens is 206 g/mol. The fraction of sp³-hybridized carbons (Fsp3) is 0.364. The first kappa shape index (κ1) is 10.4. The topological polar surface area (TPSA) is 66.3 Å². The summed E-state index contributed by atoms with van der Waals surface area (Å²) >= 11 is 0. The van der Waals surface area contributed by atoms with Crippen LogP contribution in [0.2, 0.25) is 0 Å². The summed E-state index contributed by atoms with van der Waals surface area (Å²) < 4.78 is 0. The number of rotatable bonds is 2. The number of carbonyl (C=O) groups is 1. The first-order valence-corrected chi connectivity index (χ1v) is 5.00. The van der Waals surface area contributed by atoms with E-state index >= 15 is 0 Å². The highest BCUT2D eigenvalue weighted by molar-refractivity contribution is 5.86. The van der Waals surface area contributed by atoms with E-state index in [0.717, 1.165) is 19.4 Å². The SMILES string of the molecule is C#CC1CCCN1c1ncc(C(=O)O)cn1. The maximum atomic E-state index is 10.6. The van der Waals surface area contributed by atoms with Crippen molar-refractivity contribution in [3.63, 3.8) is 0 Å². The molecule has 0 amide bonds. The molecule has 1 N–H and O–H groups in total. The van der Waals surface area contributed by atoms with E-state index in [4.69, 9.17) is 11.5 Å². The van der Waals surface area contributed by atoms with Gasteiger partial charge in [0.15, 0.2) is 0 Å². The van der Waals surface area contributed by atoms with Crippen LogP contribution in [0.4, 0.5) is 5.95 Å². The van der Waals surface area contributed by atoms with Crippen molar-refractivity contribution in [2.45, 2.75) is 18.9 Å². The third-order valence-electron chi connectivity index (χ3n) is 2.59. The van der Waals surface area contributed by atoms with Gasteiger partial charge in [0.05, 0.1) is 11.6 Å². The van der Waals surface area contributed by atoms with Crippen LogP contribution in [-0.2, 0) is 0 Å². The Morgan fingerprint density at radius 2 is 2.25 bits per heavy atom. The van der Waals surface area contributed by atoms with Gasteiger partial charge in [0.1, 0.15) is 0 Å². The molecule has 5 heteroatoms. The van der Waals surface area contributed by atoms with E-state index in [-0.39, 0.29) is 11.6 Å². The summed E-state index contributed by atoms with van der Waals surface area (Å²) in [4.78, 5) is 20.6. The Bertz CT molecular complexity index is 436. The Balaban J connectivity index is 2.22. The van der Waals surface area contributed by atoms with Gasteiger partial charge in [0.2, 0.25) is 5.95 Å². The Morgan fingerprint density at radius 1 is 1.56 bits per heavy atom. The predicted molar refractivity (Wildman–Crippen MR) is 58.2 cm³/mol. The van der Waals surface area contributed by atoms with Crippen LogP contribution in [0, 0.1) is 12.3 Å². The molecule has 1 fully saturated rings. The Kier molecular flexibility index (Phi) is 2.73. The van der Waals surface area contributed by atoms with E-state index in [1.807, 2.05) is 4.90 Å². The zero-order chi connectivity index (χ0) is 11.5. The second kappa shape index (κ2) is 4.19. The number of hydrogen-bond acceptors (Lipinski definition) is 4. The van der Waals surface area contributed by atoms with Crippen molar-refractivity contribution in [2.24, 2.45) is 0 Å². The summed E-state index contributed by atoms with van der Waals surface area (Å²) in [6, 6.07) is 0.0238. The molecule has 1 aliphatic rings. The normalized spacial score (nSPS) is 19.4. The van der Waals surface area contributed by atoms with Crippen molar-refractivity contribution in [1.29, 1.82) is 0 Å². The van der Waals surface area contributed by atoms with Crippen molar-refractivity contribution in [2.75, 3.05) is 11.4 Å².